The number of allylic oxidation sites excluding steroid dienone is 1. The highest BCUT2D eigenvalue weighted by Gasteiger charge is 2.38. The summed E-state index contributed by atoms with van der Waals surface area (Å²) in [5, 5.41) is 0. The second kappa shape index (κ2) is 7.37. The summed E-state index contributed by atoms with van der Waals surface area (Å²) in [5.41, 5.74) is 5.50. The number of carbonyl (C=O) groups excluding carboxylic acids is 1. The highest BCUT2D eigenvalue weighted by molar-refractivity contribution is 5.71. The number of hydrogen-bond acceptors (Lipinski definition) is 4. The van der Waals surface area contributed by atoms with Crippen molar-refractivity contribution in [1.29, 1.82) is 0 Å². The van der Waals surface area contributed by atoms with Crippen LogP contribution in [0.1, 0.15) is 51.3 Å². The van der Waals surface area contributed by atoms with Crippen LogP contribution in [0.2, 0.25) is 0 Å². The molecule has 4 rings (SSSR count). The second-order valence-electron chi connectivity index (χ2n) is 8.73. The maximum Gasteiger partial charge on any atom is 0.411 e. The van der Waals surface area contributed by atoms with Crippen molar-refractivity contribution in [2.24, 2.45) is 0 Å². The summed E-state index contributed by atoms with van der Waals surface area (Å²) in [4.78, 5) is 14.9. The van der Waals surface area contributed by atoms with Gasteiger partial charge in [-0.15, -0.1) is 0 Å². The SMILES string of the molecule is CC1=C(C2c3ccccc3CCN2C(=O)OC(C)(C)C)C=C(C2OCCO2)C1. The van der Waals surface area contributed by atoms with Gasteiger partial charge >= 0.3 is 6.09 Å². The quantitative estimate of drug-likeness (QED) is 0.752. The fraction of sp³-hybridized carbons (Fsp3) is 0.522. The van der Waals surface area contributed by atoms with E-state index in [0.29, 0.717) is 19.8 Å². The molecule has 3 aliphatic rings. The first-order valence-electron chi connectivity index (χ1n) is 10.0. The molecule has 0 spiro atoms. The standard InChI is InChI=1S/C23H29NO4/c1-15-13-17(21-26-11-12-27-21)14-19(15)20-18-8-6-5-7-16(18)9-10-24(20)22(25)28-23(2,3)4/h5-8,14,20-21H,9-13H2,1-4H3. The first-order valence-corrected chi connectivity index (χ1v) is 10.0. The zero-order valence-corrected chi connectivity index (χ0v) is 17.2. The van der Waals surface area contributed by atoms with Crippen LogP contribution in [0, 0.1) is 0 Å². The van der Waals surface area contributed by atoms with Gasteiger partial charge in [-0.2, -0.15) is 0 Å². The number of rotatable bonds is 2. The van der Waals surface area contributed by atoms with E-state index >= 15 is 0 Å². The van der Waals surface area contributed by atoms with E-state index in [1.54, 1.807) is 0 Å². The van der Waals surface area contributed by atoms with Gasteiger partial charge in [-0.25, -0.2) is 4.79 Å². The summed E-state index contributed by atoms with van der Waals surface area (Å²) in [6.07, 6.45) is 3.31. The van der Waals surface area contributed by atoms with Gasteiger partial charge in [0.05, 0.1) is 19.3 Å². The molecule has 1 aromatic carbocycles. The number of benzene rings is 1. The smallest absolute Gasteiger partial charge is 0.411 e. The molecular formula is C23H29NO4. The highest BCUT2D eigenvalue weighted by atomic mass is 16.7. The molecule has 5 heteroatoms. The van der Waals surface area contributed by atoms with Crippen LogP contribution in [0.3, 0.4) is 0 Å². The predicted octanol–water partition coefficient (Wildman–Crippen LogP) is 4.54. The van der Waals surface area contributed by atoms with Crippen molar-refractivity contribution in [2.45, 2.75) is 58.5 Å². The molecule has 1 atom stereocenters. The number of nitrogens with zero attached hydrogens (tertiary/aromatic N) is 1. The first-order chi connectivity index (χ1) is 13.3. The lowest BCUT2D eigenvalue weighted by Gasteiger charge is -2.39. The predicted molar refractivity (Wildman–Crippen MR) is 107 cm³/mol. The topological polar surface area (TPSA) is 48.0 Å². The maximum atomic E-state index is 13.0. The van der Waals surface area contributed by atoms with Crippen molar-refractivity contribution in [3.05, 3.63) is 58.2 Å². The van der Waals surface area contributed by atoms with E-state index in [4.69, 9.17) is 14.2 Å². The first kappa shape index (κ1) is 19.2. The molecule has 1 amide bonds. The normalized spacial score (nSPS) is 23.1. The van der Waals surface area contributed by atoms with Crippen LogP contribution >= 0.6 is 0 Å². The van der Waals surface area contributed by atoms with Gasteiger partial charge in [0.25, 0.3) is 0 Å². The molecule has 1 aromatic rings. The lowest BCUT2D eigenvalue weighted by Crippen LogP contribution is -2.43. The third kappa shape index (κ3) is 3.74. The van der Waals surface area contributed by atoms with Crippen LogP contribution in [0.25, 0.3) is 0 Å². The summed E-state index contributed by atoms with van der Waals surface area (Å²) < 4.78 is 17.2. The highest BCUT2D eigenvalue weighted by Crippen LogP contribution is 2.43. The van der Waals surface area contributed by atoms with Crippen LogP contribution in [-0.2, 0) is 20.6 Å². The molecule has 1 aliphatic carbocycles. The van der Waals surface area contributed by atoms with Crippen molar-refractivity contribution >= 4 is 6.09 Å². The molecule has 1 fully saturated rings. The summed E-state index contributed by atoms with van der Waals surface area (Å²) in [5.74, 6) is 0. The Bertz CT molecular complexity index is 827. The summed E-state index contributed by atoms with van der Waals surface area (Å²) in [6.45, 7) is 9.77. The Labute approximate surface area is 167 Å². The van der Waals surface area contributed by atoms with Crippen molar-refractivity contribution in [3.8, 4) is 0 Å². The largest absolute Gasteiger partial charge is 0.444 e. The molecule has 5 nitrogen and oxygen atoms in total. The summed E-state index contributed by atoms with van der Waals surface area (Å²) in [7, 11) is 0. The monoisotopic (exact) mass is 383 g/mol. The van der Waals surface area contributed by atoms with E-state index < -0.39 is 5.60 Å². The Balaban J connectivity index is 1.71. The lowest BCUT2D eigenvalue weighted by molar-refractivity contribution is -0.0122. The Morgan fingerprint density at radius 2 is 1.89 bits per heavy atom. The molecule has 2 heterocycles. The van der Waals surface area contributed by atoms with Gasteiger partial charge in [-0.05, 0) is 62.8 Å². The van der Waals surface area contributed by atoms with Gasteiger partial charge in [0.1, 0.15) is 5.60 Å². The van der Waals surface area contributed by atoms with Crippen molar-refractivity contribution in [1.82, 2.24) is 4.90 Å². The zero-order valence-electron chi connectivity index (χ0n) is 17.2. The van der Waals surface area contributed by atoms with Crippen LogP contribution in [0.5, 0.6) is 0 Å². The van der Waals surface area contributed by atoms with Gasteiger partial charge in [0, 0.05) is 6.54 Å². The molecule has 1 saturated heterocycles. The summed E-state index contributed by atoms with van der Waals surface area (Å²) in [6, 6.07) is 8.26. The third-order valence-electron chi connectivity index (χ3n) is 5.43. The van der Waals surface area contributed by atoms with Gasteiger partial charge < -0.3 is 14.2 Å². The minimum absolute atomic E-state index is 0.140. The summed E-state index contributed by atoms with van der Waals surface area (Å²) >= 11 is 0. The van der Waals surface area contributed by atoms with Crippen molar-refractivity contribution in [3.63, 3.8) is 0 Å². The third-order valence-corrected chi connectivity index (χ3v) is 5.43. The van der Waals surface area contributed by atoms with Crippen LogP contribution in [-0.4, -0.2) is 42.6 Å². The fourth-order valence-electron chi connectivity index (χ4n) is 4.24. The number of hydrogen-bond donors (Lipinski definition) is 0. The Morgan fingerprint density at radius 1 is 1.18 bits per heavy atom. The van der Waals surface area contributed by atoms with Crippen molar-refractivity contribution in [2.75, 3.05) is 19.8 Å². The van der Waals surface area contributed by atoms with Crippen molar-refractivity contribution < 1.29 is 19.0 Å². The molecule has 0 bridgehead atoms. The van der Waals surface area contributed by atoms with Gasteiger partial charge in [-0.1, -0.05) is 35.9 Å². The maximum absolute atomic E-state index is 13.0. The Kier molecular flexibility index (Phi) is 5.06. The Hall–Kier alpha value is -2.11. The van der Waals surface area contributed by atoms with E-state index in [1.165, 1.54) is 16.7 Å². The molecule has 1 unspecified atom stereocenters. The molecule has 0 N–H and O–H groups in total. The number of ether oxygens (including phenoxy) is 3. The molecule has 150 valence electrons. The fourth-order valence-corrected chi connectivity index (χ4v) is 4.24. The van der Waals surface area contributed by atoms with Crippen LogP contribution < -0.4 is 0 Å². The second-order valence-corrected chi connectivity index (χ2v) is 8.73. The molecule has 0 saturated carbocycles. The molecular weight excluding hydrogens is 354 g/mol. The molecule has 28 heavy (non-hydrogen) atoms. The number of fused-ring (bicyclic) bond motifs is 1. The van der Waals surface area contributed by atoms with Gasteiger partial charge in [0.2, 0.25) is 0 Å². The van der Waals surface area contributed by atoms with E-state index in [0.717, 1.165) is 24.0 Å². The lowest BCUT2D eigenvalue weighted by atomic mass is 9.87. The zero-order chi connectivity index (χ0) is 19.9. The van der Waals surface area contributed by atoms with E-state index in [1.807, 2.05) is 31.7 Å². The average Bonchev–Trinajstić information content (AvgIpc) is 3.29. The van der Waals surface area contributed by atoms with E-state index in [9.17, 15) is 4.79 Å². The van der Waals surface area contributed by atoms with E-state index in [-0.39, 0.29) is 18.4 Å². The minimum Gasteiger partial charge on any atom is -0.444 e. The number of amides is 1. The number of carbonyl (C=O) groups is 1. The van der Waals surface area contributed by atoms with Crippen LogP contribution in [0.4, 0.5) is 4.79 Å². The molecule has 0 radical (unpaired) electrons. The van der Waals surface area contributed by atoms with Crippen LogP contribution in [0.15, 0.2) is 47.1 Å². The van der Waals surface area contributed by atoms with E-state index in [2.05, 4.69) is 31.2 Å². The van der Waals surface area contributed by atoms with Gasteiger partial charge in [0.15, 0.2) is 6.29 Å². The Morgan fingerprint density at radius 3 is 2.61 bits per heavy atom. The molecule has 2 aliphatic heterocycles. The van der Waals surface area contributed by atoms with Gasteiger partial charge in [-0.3, -0.25) is 4.90 Å². The minimum atomic E-state index is -0.524. The molecule has 0 aromatic heterocycles. The average molecular weight is 383 g/mol.